The number of nitrogens with two attached hydrogens (primary N) is 2. The second kappa shape index (κ2) is 14.4. The van der Waals surface area contributed by atoms with Gasteiger partial charge in [-0.2, -0.15) is 0 Å². The summed E-state index contributed by atoms with van der Waals surface area (Å²) in [5.74, 6) is -6.87. The van der Waals surface area contributed by atoms with E-state index in [0.29, 0.717) is 5.56 Å². The van der Waals surface area contributed by atoms with Gasteiger partial charge in [-0.3, -0.25) is 24.0 Å². The third kappa shape index (κ3) is 11.4. The van der Waals surface area contributed by atoms with E-state index in [2.05, 4.69) is 10.6 Å². The van der Waals surface area contributed by atoms with Crippen molar-refractivity contribution in [1.82, 2.24) is 16.0 Å². The largest absolute Gasteiger partial charge is 0.508 e. The van der Waals surface area contributed by atoms with E-state index in [1.807, 2.05) is 5.32 Å². The average molecular weight is 524 g/mol. The summed E-state index contributed by atoms with van der Waals surface area (Å²) in [7, 11) is 0. The first-order valence-electron chi connectivity index (χ1n) is 11.4. The molecule has 0 aliphatic rings. The number of phenols is 1. The number of hydrogen-bond acceptors (Lipinski definition) is 8. The minimum atomic E-state index is -1.73. The fourth-order valence-electron chi connectivity index (χ4n) is 3.29. The van der Waals surface area contributed by atoms with E-state index in [9.17, 15) is 44.1 Å². The van der Waals surface area contributed by atoms with Crippen LogP contribution >= 0.6 is 0 Å². The van der Waals surface area contributed by atoms with Crippen molar-refractivity contribution in [3.63, 3.8) is 0 Å². The van der Waals surface area contributed by atoms with Crippen molar-refractivity contribution in [2.75, 3.05) is 0 Å². The molecular weight excluding hydrogens is 490 g/mol. The van der Waals surface area contributed by atoms with E-state index in [4.69, 9.17) is 11.5 Å². The van der Waals surface area contributed by atoms with E-state index < -0.39 is 72.6 Å². The standard InChI is InChI=1S/C23H33N5O9/c1-11(2)7-15(26-20(33)14(24)8-12-3-5-13(29)6-4-12)21(34)27-16(10-19(31)32)22(35)28-17(23(36)37)9-18(25)30/h3-6,11,14-17,29H,7-10,24H2,1-2H3,(H2,25,30)(H,26,33)(H,27,34)(H,28,35)(H,31,32)(H,36,37). The lowest BCUT2D eigenvalue weighted by Crippen LogP contribution is -2.58. The quantitative estimate of drug-likeness (QED) is 0.128. The number of carbonyl (C=O) groups excluding carboxylic acids is 4. The molecule has 4 atom stereocenters. The minimum absolute atomic E-state index is 0.0414. The monoisotopic (exact) mass is 523 g/mol. The van der Waals surface area contributed by atoms with Crippen LogP contribution < -0.4 is 27.4 Å². The summed E-state index contributed by atoms with van der Waals surface area (Å²) in [6.07, 6.45) is -1.43. The Labute approximate surface area is 212 Å². The highest BCUT2D eigenvalue weighted by atomic mass is 16.4. The molecule has 1 aromatic carbocycles. The zero-order chi connectivity index (χ0) is 28.3. The first-order valence-corrected chi connectivity index (χ1v) is 11.4. The Balaban J connectivity index is 2.98. The maximum absolute atomic E-state index is 13.0. The van der Waals surface area contributed by atoms with Gasteiger partial charge in [0.15, 0.2) is 0 Å². The Morgan fingerprint density at radius 1 is 0.811 bits per heavy atom. The Bertz CT molecular complexity index is 997. The normalized spacial score (nSPS) is 14.1. The maximum atomic E-state index is 13.0. The number of carboxylic acids is 2. The van der Waals surface area contributed by atoms with Gasteiger partial charge in [0.25, 0.3) is 0 Å². The molecule has 14 nitrogen and oxygen atoms in total. The van der Waals surface area contributed by atoms with Crippen LogP contribution in [0.15, 0.2) is 24.3 Å². The van der Waals surface area contributed by atoms with Crippen LogP contribution in [0.1, 0.15) is 38.7 Å². The molecule has 0 heterocycles. The first kappa shape index (κ1) is 30.8. The highest BCUT2D eigenvalue weighted by Crippen LogP contribution is 2.12. The van der Waals surface area contributed by atoms with E-state index in [-0.39, 0.29) is 24.5 Å². The second-order valence-corrected chi connectivity index (χ2v) is 8.90. The van der Waals surface area contributed by atoms with Gasteiger partial charge < -0.3 is 42.7 Å². The molecule has 10 N–H and O–H groups in total. The second-order valence-electron chi connectivity index (χ2n) is 8.90. The van der Waals surface area contributed by atoms with Crippen LogP contribution in [0.5, 0.6) is 5.75 Å². The average Bonchev–Trinajstić information content (AvgIpc) is 2.78. The molecule has 0 aliphatic heterocycles. The Morgan fingerprint density at radius 2 is 1.32 bits per heavy atom. The third-order valence-corrected chi connectivity index (χ3v) is 5.10. The lowest BCUT2D eigenvalue weighted by Gasteiger charge is -2.25. The van der Waals surface area contributed by atoms with Crippen LogP contribution in [-0.4, -0.2) is 75.1 Å². The Kier molecular flexibility index (Phi) is 12.0. The smallest absolute Gasteiger partial charge is 0.326 e. The van der Waals surface area contributed by atoms with Crippen LogP contribution in [0.3, 0.4) is 0 Å². The molecule has 0 radical (unpaired) electrons. The highest BCUT2D eigenvalue weighted by molar-refractivity contribution is 5.96. The number of primary amides is 1. The van der Waals surface area contributed by atoms with Crippen LogP contribution in [0.4, 0.5) is 0 Å². The van der Waals surface area contributed by atoms with E-state index >= 15 is 0 Å². The lowest BCUT2D eigenvalue weighted by atomic mass is 10.0. The van der Waals surface area contributed by atoms with E-state index in [1.54, 1.807) is 26.0 Å². The van der Waals surface area contributed by atoms with Gasteiger partial charge in [-0.05, 0) is 36.5 Å². The summed E-state index contributed by atoms with van der Waals surface area (Å²) < 4.78 is 0. The number of aliphatic carboxylic acids is 2. The molecule has 0 spiro atoms. The number of amides is 4. The molecule has 0 saturated carbocycles. The predicted octanol–water partition coefficient (Wildman–Crippen LogP) is -1.80. The Morgan fingerprint density at radius 3 is 1.81 bits per heavy atom. The molecule has 0 saturated heterocycles. The molecule has 37 heavy (non-hydrogen) atoms. The van der Waals surface area contributed by atoms with Gasteiger partial charge in [-0.15, -0.1) is 0 Å². The van der Waals surface area contributed by atoms with Crippen LogP contribution in [0, 0.1) is 5.92 Å². The summed E-state index contributed by atoms with van der Waals surface area (Å²) in [4.78, 5) is 71.9. The zero-order valence-electron chi connectivity index (χ0n) is 20.5. The molecule has 204 valence electrons. The molecule has 14 heteroatoms. The number of nitrogens with one attached hydrogen (secondary N) is 3. The van der Waals surface area contributed by atoms with Crippen LogP contribution in [0.2, 0.25) is 0 Å². The van der Waals surface area contributed by atoms with Crippen molar-refractivity contribution in [2.45, 2.75) is 63.7 Å². The van der Waals surface area contributed by atoms with Gasteiger partial charge in [0, 0.05) is 0 Å². The topological polar surface area (TPSA) is 251 Å². The SMILES string of the molecule is CC(C)CC(NC(=O)C(N)Cc1ccc(O)cc1)C(=O)NC(CC(=O)O)C(=O)NC(CC(N)=O)C(=O)O. The molecule has 0 fully saturated rings. The molecule has 0 aromatic heterocycles. The van der Waals surface area contributed by atoms with Crippen molar-refractivity contribution in [2.24, 2.45) is 17.4 Å². The van der Waals surface area contributed by atoms with Gasteiger partial charge in [-0.1, -0.05) is 26.0 Å². The molecule has 1 rings (SSSR count). The minimum Gasteiger partial charge on any atom is -0.508 e. The number of carbonyl (C=O) groups is 6. The fourth-order valence-corrected chi connectivity index (χ4v) is 3.29. The maximum Gasteiger partial charge on any atom is 0.326 e. The third-order valence-electron chi connectivity index (χ3n) is 5.10. The van der Waals surface area contributed by atoms with E-state index in [0.717, 1.165) is 0 Å². The predicted molar refractivity (Wildman–Crippen MR) is 129 cm³/mol. The molecule has 4 unspecified atom stereocenters. The van der Waals surface area contributed by atoms with Crippen molar-refractivity contribution in [1.29, 1.82) is 0 Å². The summed E-state index contributed by atoms with van der Waals surface area (Å²) in [5, 5.41) is 34.4. The fraction of sp³-hybridized carbons (Fsp3) is 0.478. The van der Waals surface area contributed by atoms with Gasteiger partial charge in [0.1, 0.15) is 23.9 Å². The van der Waals surface area contributed by atoms with Crippen molar-refractivity contribution < 1.29 is 44.1 Å². The summed E-state index contributed by atoms with van der Waals surface area (Å²) >= 11 is 0. The molecule has 4 amide bonds. The van der Waals surface area contributed by atoms with Crippen LogP contribution in [-0.2, 0) is 35.2 Å². The number of carboxylic acid groups (broad SMARTS) is 2. The molecular formula is C23H33N5O9. The van der Waals surface area contributed by atoms with Gasteiger partial charge in [0.05, 0.1) is 18.9 Å². The molecule has 0 aliphatic carbocycles. The number of rotatable bonds is 15. The zero-order valence-corrected chi connectivity index (χ0v) is 20.5. The number of aromatic hydroxyl groups is 1. The van der Waals surface area contributed by atoms with Crippen molar-refractivity contribution >= 4 is 35.6 Å². The summed E-state index contributed by atoms with van der Waals surface area (Å²) in [6.45, 7) is 3.54. The lowest BCUT2D eigenvalue weighted by molar-refractivity contribution is -0.144. The summed E-state index contributed by atoms with van der Waals surface area (Å²) in [6, 6.07) is 0.330. The first-order chi connectivity index (χ1) is 17.2. The van der Waals surface area contributed by atoms with Crippen LogP contribution in [0.25, 0.3) is 0 Å². The number of phenolic OH excluding ortho intramolecular Hbond substituents is 1. The summed E-state index contributed by atoms with van der Waals surface area (Å²) in [5.41, 5.74) is 11.6. The van der Waals surface area contributed by atoms with Gasteiger partial charge in [-0.25, -0.2) is 4.79 Å². The number of benzene rings is 1. The highest BCUT2D eigenvalue weighted by Gasteiger charge is 2.32. The van der Waals surface area contributed by atoms with Gasteiger partial charge in [0.2, 0.25) is 23.6 Å². The number of hydrogen-bond donors (Lipinski definition) is 8. The van der Waals surface area contributed by atoms with Gasteiger partial charge >= 0.3 is 11.9 Å². The Hall–Kier alpha value is -4.20. The van der Waals surface area contributed by atoms with E-state index in [1.165, 1.54) is 12.1 Å². The molecule has 1 aromatic rings. The van der Waals surface area contributed by atoms with Crippen molar-refractivity contribution in [3.05, 3.63) is 29.8 Å². The molecule has 0 bridgehead atoms. The van der Waals surface area contributed by atoms with Crippen molar-refractivity contribution in [3.8, 4) is 5.75 Å².